The Balaban J connectivity index is 2.40. The fourth-order valence-electron chi connectivity index (χ4n) is 1.92. The number of nitriles is 1. The number of carbonyl (C=O) groups excluding carboxylic acids is 2. The normalized spacial score (nSPS) is 19.6. The third kappa shape index (κ3) is 3.91. The van der Waals surface area contributed by atoms with E-state index in [0.717, 1.165) is 0 Å². The first-order chi connectivity index (χ1) is 8.34. The molecule has 1 saturated heterocycles. The van der Waals surface area contributed by atoms with E-state index in [4.69, 9.17) is 5.26 Å². The second-order valence-corrected chi connectivity index (χ2v) is 5.38. The molecule has 1 fully saturated rings. The van der Waals surface area contributed by atoms with Gasteiger partial charge in [-0.1, -0.05) is 0 Å². The molecule has 18 heavy (non-hydrogen) atoms. The molecule has 2 N–H and O–H groups in total. The predicted molar refractivity (Wildman–Crippen MR) is 66.6 cm³/mol. The van der Waals surface area contributed by atoms with Crippen molar-refractivity contribution >= 4 is 11.9 Å². The maximum absolute atomic E-state index is 11.8. The molecule has 1 unspecified atom stereocenters. The van der Waals surface area contributed by atoms with Crippen LogP contribution in [0, 0.1) is 11.3 Å². The number of nitrogens with zero attached hydrogens (tertiary/aromatic N) is 2. The van der Waals surface area contributed by atoms with Gasteiger partial charge in [0.2, 0.25) is 5.91 Å². The van der Waals surface area contributed by atoms with Crippen LogP contribution in [0.1, 0.15) is 33.6 Å². The first kappa shape index (κ1) is 14.3. The van der Waals surface area contributed by atoms with E-state index in [-0.39, 0.29) is 29.9 Å². The second kappa shape index (κ2) is 5.71. The van der Waals surface area contributed by atoms with Crippen molar-refractivity contribution in [3.05, 3.63) is 0 Å². The number of hydrogen-bond acceptors (Lipinski definition) is 3. The van der Waals surface area contributed by atoms with Crippen molar-refractivity contribution in [3.8, 4) is 6.07 Å². The summed E-state index contributed by atoms with van der Waals surface area (Å²) in [5.41, 5.74) is -0.217. The summed E-state index contributed by atoms with van der Waals surface area (Å²) in [6.45, 7) is 6.78. The van der Waals surface area contributed by atoms with Crippen molar-refractivity contribution in [3.63, 3.8) is 0 Å². The zero-order valence-electron chi connectivity index (χ0n) is 11.1. The van der Waals surface area contributed by atoms with Crippen LogP contribution in [0.15, 0.2) is 0 Å². The molecule has 1 aliphatic heterocycles. The minimum absolute atomic E-state index is 0.0600. The summed E-state index contributed by atoms with van der Waals surface area (Å²) in [5.74, 6) is 0.0600. The highest BCUT2D eigenvalue weighted by Crippen LogP contribution is 2.21. The molecule has 1 atom stereocenters. The number of amides is 3. The molecule has 0 aromatic heterocycles. The molecule has 6 nitrogen and oxygen atoms in total. The summed E-state index contributed by atoms with van der Waals surface area (Å²) in [5, 5.41) is 13.7. The molecular formula is C12H20N4O2. The van der Waals surface area contributed by atoms with Gasteiger partial charge < -0.3 is 15.5 Å². The van der Waals surface area contributed by atoms with Gasteiger partial charge in [-0.05, 0) is 20.8 Å². The standard InChI is InChI=1S/C12H20N4O2/c1-12(2,3)16-8-9(7-10(16)17)15-11(18)14-6-4-5-13/h9H,4,6-8H2,1-3H3,(H2,14,15,18). The van der Waals surface area contributed by atoms with Gasteiger partial charge in [0.05, 0.1) is 18.5 Å². The number of likely N-dealkylation sites (tertiary alicyclic amines) is 1. The minimum atomic E-state index is -0.321. The lowest BCUT2D eigenvalue weighted by atomic mass is 10.1. The van der Waals surface area contributed by atoms with Crippen LogP contribution >= 0.6 is 0 Å². The Morgan fingerprint density at radius 1 is 1.56 bits per heavy atom. The number of nitrogens with one attached hydrogen (secondary N) is 2. The van der Waals surface area contributed by atoms with Crippen LogP contribution in [0.5, 0.6) is 0 Å². The monoisotopic (exact) mass is 252 g/mol. The van der Waals surface area contributed by atoms with E-state index in [1.54, 1.807) is 4.90 Å². The molecule has 1 aliphatic rings. The van der Waals surface area contributed by atoms with Crippen LogP contribution in [0.25, 0.3) is 0 Å². The SMILES string of the molecule is CC(C)(C)N1CC(NC(=O)NCCC#N)CC1=O. The molecule has 0 saturated carbocycles. The quantitative estimate of drug-likeness (QED) is 0.721. The fourth-order valence-corrected chi connectivity index (χ4v) is 1.92. The highest BCUT2D eigenvalue weighted by atomic mass is 16.2. The lowest BCUT2D eigenvalue weighted by molar-refractivity contribution is -0.131. The zero-order valence-corrected chi connectivity index (χ0v) is 11.1. The van der Waals surface area contributed by atoms with Crippen LogP contribution in [-0.4, -0.2) is 41.5 Å². The summed E-state index contributed by atoms with van der Waals surface area (Å²) >= 11 is 0. The maximum atomic E-state index is 11.8. The van der Waals surface area contributed by atoms with E-state index in [0.29, 0.717) is 19.5 Å². The van der Waals surface area contributed by atoms with Crippen LogP contribution in [0.4, 0.5) is 4.79 Å². The van der Waals surface area contributed by atoms with Crippen molar-refractivity contribution in [2.75, 3.05) is 13.1 Å². The molecular weight excluding hydrogens is 232 g/mol. The van der Waals surface area contributed by atoms with E-state index in [1.165, 1.54) is 0 Å². The van der Waals surface area contributed by atoms with E-state index >= 15 is 0 Å². The fraction of sp³-hybridized carbons (Fsp3) is 0.750. The first-order valence-corrected chi connectivity index (χ1v) is 6.06. The van der Waals surface area contributed by atoms with Gasteiger partial charge in [-0.25, -0.2) is 4.79 Å². The van der Waals surface area contributed by atoms with Crippen molar-refractivity contribution in [1.29, 1.82) is 5.26 Å². The number of rotatable bonds is 3. The molecule has 1 heterocycles. The molecule has 0 aliphatic carbocycles. The Bertz CT molecular complexity index is 367. The third-order valence-electron chi connectivity index (χ3n) is 2.79. The van der Waals surface area contributed by atoms with Gasteiger partial charge in [0.15, 0.2) is 0 Å². The van der Waals surface area contributed by atoms with Crippen molar-refractivity contribution in [1.82, 2.24) is 15.5 Å². The summed E-state index contributed by atoms with van der Waals surface area (Å²) in [6, 6.07) is 1.47. The van der Waals surface area contributed by atoms with Crippen molar-refractivity contribution in [2.45, 2.75) is 45.2 Å². The van der Waals surface area contributed by atoms with Crippen LogP contribution in [0.2, 0.25) is 0 Å². The molecule has 0 aromatic rings. The first-order valence-electron chi connectivity index (χ1n) is 6.06. The largest absolute Gasteiger partial charge is 0.337 e. The predicted octanol–water partition coefficient (Wildman–Crippen LogP) is 0.599. The van der Waals surface area contributed by atoms with Crippen LogP contribution < -0.4 is 10.6 Å². The lowest BCUT2D eigenvalue weighted by Gasteiger charge is -2.32. The van der Waals surface area contributed by atoms with E-state index in [1.807, 2.05) is 26.8 Å². The van der Waals surface area contributed by atoms with Gasteiger partial charge in [0, 0.05) is 25.0 Å². The maximum Gasteiger partial charge on any atom is 0.315 e. The number of urea groups is 1. The van der Waals surface area contributed by atoms with Gasteiger partial charge in [-0.15, -0.1) is 0 Å². The van der Waals surface area contributed by atoms with Crippen LogP contribution in [0.3, 0.4) is 0 Å². The van der Waals surface area contributed by atoms with Gasteiger partial charge in [-0.2, -0.15) is 5.26 Å². The molecule has 0 aromatic carbocycles. The molecule has 6 heteroatoms. The van der Waals surface area contributed by atoms with E-state index < -0.39 is 0 Å². The third-order valence-corrected chi connectivity index (χ3v) is 2.79. The lowest BCUT2D eigenvalue weighted by Crippen LogP contribution is -2.46. The van der Waals surface area contributed by atoms with Gasteiger partial charge in [0.1, 0.15) is 0 Å². The van der Waals surface area contributed by atoms with Crippen molar-refractivity contribution in [2.24, 2.45) is 0 Å². The average Bonchev–Trinajstić information content (AvgIpc) is 2.59. The molecule has 0 spiro atoms. The molecule has 100 valence electrons. The van der Waals surface area contributed by atoms with Gasteiger partial charge in [0.25, 0.3) is 0 Å². The van der Waals surface area contributed by atoms with E-state index in [9.17, 15) is 9.59 Å². The topological polar surface area (TPSA) is 85.2 Å². The zero-order chi connectivity index (χ0) is 13.8. The smallest absolute Gasteiger partial charge is 0.315 e. The Morgan fingerprint density at radius 3 is 2.72 bits per heavy atom. The summed E-state index contributed by atoms with van der Waals surface area (Å²) in [6.07, 6.45) is 0.619. The van der Waals surface area contributed by atoms with Gasteiger partial charge in [-0.3, -0.25) is 4.79 Å². The average molecular weight is 252 g/mol. The number of carbonyl (C=O) groups is 2. The molecule has 3 amide bonds. The highest BCUT2D eigenvalue weighted by Gasteiger charge is 2.36. The summed E-state index contributed by atoms with van der Waals surface area (Å²) < 4.78 is 0. The Morgan fingerprint density at radius 2 is 2.22 bits per heavy atom. The highest BCUT2D eigenvalue weighted by molar-refractivity contribution is 5.82. The van der Waals surface area contributed by atoms with Crippen molar-refractivity contribution < 1.29 is 9.59 Å². The summed E-state index contributed by atoms with van der Waals surface area (Å²) in [4.78, 5) is 25.0. The minimum Gasteiger partial charge on any atom is -0.337 e. The Kier molecular flexibility index (Phi) is 4.54. The Labute approximate surface area is 107 Å². The van der Waals surface area contributed by atoms with Crippen LogP contribution in [-0.2, 0) is 4.79 Å². The second-order valence-electron chi connectivity index (χ2n) is 5.38. The molecule has 0 radical (unpaired) electrons. The molecule has 1 rings (SSSR count). The van der Waals surface area contributed by atoms with E-state index in [2.05, 4.69) is 10.6 Å². The van der Waals surface area contributed by atoms with Gasteiger partial charge >= 0.3 is 6.03 Å². The Hall–Kier alpha value is -1.77. The molecule has 0 bridgehead atoms. The summed E-state index contributed by atoms with van der Waals surface area (Å²) in [7, 11) is 0. The number of hydrogen-bond donors (Lipinski definition) is 2.